The van der Waals surface area contributed by atoms with Gasteiger partial charge in [-0.05, 0) is 30.3 Å². The number of phenolic OH excluding ortho intramolecular Hbond substituents is 1. The third-order valence-corrected chi connectivity index (χ3v) is 3.37. The van der Waals surface area contributed by atoms with Crippen LogP contribution in [0.2, 0.25) is 5.02 Å². The highest BCUT2D eigenvalue weighted by molar-refractivity contribution is 6.34. The SMILES string of the molecule is Nc1c(Cl)ccc2c(Nc3cccc(O)c3)nccc12. The first-order chi connectivity index (χ1) is 9.65. The van der Waals surface area contributed by atoms with E-state index in [-0.39, 0.29) is 5.75 Å². The van der Waals surface area contributed by atoms with E-state index in [0.717, 1.165) is 16.5 Å². The zero-order valence-electron chi connectivity index (χ0n) is 10.5. The number of nitrogens with one attached hydrogen (secondary N) is 1. The Bertz CT molecular complexity index is 789. The average Bonchev–Trinajstić information content (AvgIpc) is 2.43. The first kappa shape index (κ1) is 12.6. The highest BCUT2D eigenvalue weighted by Crippen LogP contribution is 2.32. The van der Waals surface area contributed by atoms with E-state index in [9.17, 15) is 5.11 Å². The van der Waals surface area contributed by atoms with Crippen molar-refractivity contribution in [3.8, 4) is 5.75 Å². The predicted octanol–water partition coefficient (Wildman–Crippen LogP) is 3.92. The molecular weight excluding hydrogens is 274 g/mol. The number of pyridine rings is 1. The predicted molar refractivity (Wildman–Crippen MR) is 82.6 cm³/mol. The summed E-state index contributed by atoms with van der Waals surface area (Å²) in [5.41, 5.74) is 7.26. The first-order valence-corrected chi connectivity index (χ1v) is 6.42. The van der Waals surface area contributed by atoms with Crippen LogP contribution in [-0.2, 0) is 0 Å². The number of halogens is 1. The summed E-state index contributed by atoms with van der Waals surface area (Å²) in [7, 11) is 0. The molecule has 3 aromatic rings. The van der Waals surface area contributed by atoms with Crippen molar-refractivity contribution in [1.29, 1.82) is 0 Å². The Kier molecular flexibility index (Phi) is 3.08. The molecule has 4 N–H and O–H groups in total. The lowest BCUT2D eigenvalue weighted by Gasteiger charge is -2.11. The number of nitrogen functional groups attached to an aromatic ring is 1. The van der Waals surface area contributed by atoms with Gasteiger partial charge in [-0.3, -0.25) is 0 Å². The van der Waals surface area contributed by atoms with Crippen molar-refractivity contribution >= 4 is 39.6 Å². The number of nitrogens with two attached hydrogens (primary N) is 1. The smallest absolute Gasteiger partial charge is 0.138 e. The molecule has 1 heterocycles. The summed E-state index contributed by atoms with van der Waals surface area (Å²) in [6.07, 6.45) is 1.67. The maximum Gasteiger partial charge on any atom is 0.138 e. The van der Waals surface area contributed by atoms with Crippen LogP contribution in [0.4, 0.5) is 17.2 Å². The summed E-state index contributed by atoms with van der Waals surface area (Å²) < 4.78 is 0. The lowest BCUT2D eigenvalue weighted by molar-refractivity contribution is 0.475. The van der Waals surface area contributed by atoms with E-state index in [2.05, 4.69) is 10.3 Å². The summed E-state index contributed by atoms with van der Waals surface area (Å²) in [4.78, 5) is 4.31. The maximum atomic E-state index is 9.49. The molecule has 0 amide bonds. The lowest BCUT2D eigenvalue weighted by Crippen LogP contribution is -1.96. The molecule has 0 fully saturated rings. The molecule has 100 valence electrons. The van der Waals surface area contributed by atoms with Crippen LogP contribution in [0.25, 0.3) is 10.8 Å². The quantitative estimate of drug-likeness (QED) is 0.624. The number of hydrogen-bond donors (Lipinski definition) is 3. The van der Waals surface area contributed by atoms with Gasteiger partial charge in [0.1, 0.15) is 11.6 Å². The highest BCUT2D eigenvalue weighted by atomic mass is 35.5. The third kappa shape index (κ3) is 2.21. The van der Waals surface area contributed by atoms with Gasteiger partial charge in [-0.1, -0.05) is 17.7 Å². The monoisotopic (exact) mass is 285 g/mol. The third-order valence-electron chi connectivity index (χ3n) is 3.04. The van der Waals surface area contributed by atoms with E-state index in [1.165, 1.54) is 0 Å². The van der Waals surface area contributed by atoms with Crippen molar-refractivity contribution in [3.05, 3.63) is 53.7 Å². The molecule has 0 aliphatic carbocycles. The van der Waals surface area contributed by atoms with Crippen LogP contribution in [0.5, 0.6) is 5.75 Å². The van der Waals surface area contributed by atoms with Gasteiger partial charge >= 0.3 is 0 Å². The molecule has 0 radical (unpaired) electrons. The van der Waals surface area contributed by atoms with Gasteiger partial charge in [-0.2, -0.15) is 0 Å². The fourth-order valence-electron chi connectivity index (χ4n) is 2.07. The molecule has 0 saturated carbocycles. The summed E-state index contributed by atoms with van der Waals surface area (Å²) in [6, 6.07) is 12.3. The molecule has 2 aromatic carbocycles. The number of fused-ring (bicyclic) bond motifs is 1. The van der Waals surface area contributed by atoms with Crippen molar-refractivity contribution in [3.63, 3.8) is 0 Å². The second-order valence-corrected chi connectivity index (χ2v) is 4.80. The molecule has 3 rings (SSSR count). The molecule has 1 aromatic heterocycles. The minimum absolute atomic E-state index is 0.192. The van der Waals surface area contributed by atoms with Gasteiger partial charge in [-0.15, -0.1) is 0 Å². The van der Waals surface area contributed by atoms with Gasteiger partial charge in [0, 0.05) is 28.7 Å². The Morgan fingerprint density at radius 3 is 2.75 bits per heavy atom. The Morgan fingerprint density at radius 1 is 1.10 bits per heavy atom. The Balaban J connectivity index is 2.10. The van der Waals surface area contributed by atoms with Crippen molar-refractivity contribution in [2.24, 2.45) is 0 Å². The van der Waals surface area contributed by atoms with E-state index >= 15 is 0 Å². The minimum Gasteiger partial charge on any atom is -0.508 e. The number of rotatable bonds is 2. The van der Waals surface area contributed by atoms with Crippen molar-refractivity contribution < 1.29 is 5.11 Å². The van der Waals surface area contributed by atoms with Crippen molar-refractivity contribution in [1.82, 2.24) is 4.98 Å². The van der Waals surface area contributed by atoms with Gasteiger partial charge in [-0.25, -0.2) is 4.98 Å². The van der Waals surface area contributed by atoms with Gasteiger partial charge in [0.15, 0.2) is 0 Å². The summed E-state index contributed by atoms with van der Waals surface area (Å²) in [6.45, 7) is 0. The van der Waals surface area contributed by atoms with Crippen molar-refractivity contribution in [2.45, 2.75) is 0 Å². The van der Waals surface area contributed by atoms with Crippen LogP contribution < -0.4 is 11.1 Å². The Hall–Kier alpha value is -2.46. The molecule has 0 atom stereocenters. The number of hydrogen-bond acceptors (Lipinski definition) is 4. The van der Waals surface area contributed by atoms with Crippen LogP contribution in [-0.4, -0.2) is 10.1 Å². The number of aromatic nitrogens is 1. The van der Waals surface area contributed by atoms with Crippen LogP contribution >= 0.6 is 11.6 Å². The van der Waals surface area contributed by atoms with Gasteiger partial charge in [0.25, 0.3) is 0 Å². The summed E-state index contributed by atoms with van der Waals surface area (Å²) in [5, 5.41) is 14.9. The first-order valence-electron chi connectivity index (χ1n) is 6.04. The molecule has 0 aliphatic heterocycles. The molecule has 4 nitrogen and oxygen atoms in total. The molecular formula is C15H12ClN3O. The number of nitrogens with zero attached hydrogens (tertiary/aromatic N) is 1. The second-order valence-electron chi connectivity index (χ2n) is 4.39. The van der Waals surface area contributed by atoms with E-state index in [1.807, 2.05) is 18.2 Å². The fraction of sp³-hybridized carbons (Fsp3) is 0. The molecule has 5 heteroatoms. The topological polar surface area (TPSA) is 71.2 Å². The molecule has 0 saturated heterocycles. The van der Waals surface area contributed by atoms with E-state index in [4.69, 9.17) is 17.3 Å². The molecule has 0 spiro atoms. The van der Waals surface area contributed by atoms with Gasteiger partial charge in [0.05, 0.1) is 10.7 Å². The fourth-order valence-corrected chi connectivity index (χ4v) is 2.24. The zero-order chi connectivity index (χ0) is 14.1. The van der Waals surface area contributed by atoms with E-state index < -0.39 is 0 Å². The number of aromatic hydroxyl groups is 1. The molecule has 20 heavy (non-hydrogen) atoms. The van der Waals surface area contributed by atoms with E-state index in [1.54, 1.807) is 30.5 Å². The standard InChI is InChI=1S/C15H12ClN3O/c16-13-5-4-12-11(14(13)17)6-7-18-15(12)19-9-2-1-3-10(20)8-9/h1-8,20H,17H2,(H,18,19). The average molecular weight is 286 g/mol. The summed E-state index contributed by atoms with van der Waals surface area (Å²) >= 11 is 6.02. The molecule has 0 unspecified atom stereocenters. The molecule has 0 aliphatic rings. The van der Waals surface area contributed by atoms with Crippen LogP contribution in [0.3, 0.4) is 0 Å². The van der Waals surface area contributed by atoms with Crippen LogP contribution in [0.1, 0.15) is 0 Å². The second kappa shape index (κ2) is 4.90. The van der Waals surface area contributed by atoms with Crippen molar-refractivity contribution in [2.75, 3.05) is 11.1 Å². The Labute approximate surface area is 120 Å². The number of anilines is 3. The number of phenols is 1. The van der Waals surface area contributed by atoms with Crippen LogP contribution in [0, 0.1) is 0 Å². The maximum absolute atomic E-state index is 9.49. The normalized spacial score (nSPS) is 10.7. The zero-order valence-corrected chi connectivity index (χ0v) is 11.2. The minimum atomic E-state index is 0.192. The highest BCUT2D eigenvalue weighted by Gasteiger charge is 2.07. The van der Waals surface area contributed by atoms with Crippen LogP contribution in [0.15, 0.2) is 48.7 Å². The Morgan fingerprint density at radius 2 is 1.95 bits per heavy atom. The number of benzene rings is 2. The largest absolute Gasteiger partial charge is 0.508 e. The van der Waals surface area contributed by atoms with E-state index in [0.29, 0.717) is 16.5 Å². The van der Waals surface area contributed by atoms with Gasteiger partial charge in [0.2, 0.25) is 0 Å². The molecule has 0 bridgehead atoms. The van der Waals surface area contributed by atoms with Gasteiger partial charge < -0.3 is 16.2 Å². The lowest BCUT2D eigenvalue weighted by atomic mass is 10.1. The summed E-state index contributed by atoms with van der Waals surface area (Å²) in [5.74, 6) is 0.856.